The summed E-state index contributed by atoms with van der Waals surface area (Å²) in [6.07, 6.45) is 3.31. The minimum absolute atomic E-state index is 0.599. The molecule has 1 heterocycles. The van der Waals surface area contributed by atoms with Gasteiger partial charge in [-0.25, -0.2) is 0 Å². The van der Waals surface area contributed by atoms with Crippen molar-refractivity contribution in [2.75, 3.05) is 0 Å². The lowest BCUT2D eigenvalue weighted by molar-refractivity contribution is 0.533. The predicted molar refractivity (Wildman–Crippen MR) is 72.3 cm³/mol. The van der Waals surface area contributed by atoms with E-state index in [1.165, 1.54) is 17.4 Å². The van der Waals surface area contributed by atoms with Crippen LogP contribution in [0.2, 0.25) is 0 Å². The highest BCUT2D eigenvalue weighted by atomic mass is 79.9. The topological polar surface area (TPSA) is 13.1 Å². The Labute approximate surface area is 105 Å². The first-order chi connectivity index (χ1) is 7.70. The molecule has 0 aliphatic carbocycles. The average Bonchev–Trinajstić information content (AvgIpc) is 2.70. The Kier molecular flexibility index (Phi) is 3.70. The van der Waals surface area contributed by atoms with Crippen molar-refractivity contribution in [2.45, 2.75) is 37.9 Å². The van der Waals surface area contributed by atoms with Crippen LogP contribution in [0.15, 0.2) is 28.7 Å². The zero-order valence-electron chi connectivity index (χ0n) is 9.79. The summed E-state index contributed by atoms with van der Waals surface area (Å²) in [6, 6.07) is 8.45. The summed E-state index contributed by atoms with van der Waals surface area (Å²) in [5.74, 6) is 1.10. The van der Waals surface area contributed by atoms with Crippen LogP contribution in [-0.4, -0.2) is 4.83 Å². The molecule has 86 valence electrons. The van der Waals surface area contributed by atoms with Gasteiger partial charge in [-0.15, -0.1) is 0 Å². The van der Waals surface area contributed by atoms with Crippen molar-refractivity contribution < 1.29 is 4.42 Å². The van der Waals surface area contributed by atoms with E-state index in [1.54, 1.807) is 0 Å². The Morgan fingerprint density at radius 3 is 2.88 bits per heavy atom. The van der Waals surface area contributed by atoms with Gasteiger partial charge in [0.25, 0.3) is 0 Å². The zero-order valence-corrected chi connectivity index (χ0v) is 11.4. The smallest absolute Gasteiger partial charge is 0.137 e. The van der Waals surface area contributed by atoms with Crippen molar-refractivity contribution in [1.82, 2.24) is 0 Å². The Balaban J connectivity index is 2.17. The normalized spacial score (nSPS) is 13.2. The van der Waals surface area contributed by atoms with Crippen LogP contribution in [0.25, 0.3) is 11.0 Å². The quantitative estimate of drug-likeness (QED) is 0.730. The molecule has 0 radical (unpaired) electrons. The summed E-state index contributed by atoms with van der Waals surface area (Å²) >= 11 is 3.65. The fourth-order valence-corrected chi connectivity index (χ4v) is 2.12. The molecule has 1 unspecified atom stereocenters. The molecule has 0 spiro atoms. The molecule has 0 aliphatic rings. The number of alkyl halides is 1. The monoisotopic (exact) mass is 280 g/mol. The second kappa shape index (κ2) is 5.05. The minimum atomic E-state index is 0.599. The summed E-state index contributed by atoms with van der Waals surface area (Å²) in [7, 11) is 0. The van der Waals surface area contributed by atoms with E-state index in [2.05, 4.69) is 54.0 Å². The number of furan rings is 1. The number of rotatable bonds is 4. The van der Waals surface area contributed by atoms with Crippen LogP contribution in [0, 0.1) is 6.92 Å². The van der Waals surface area contributed by atoms with E-state index in [4.69, 9.17) is 4.42 Å². The van der Waals surface area contributed by atoms with Gasteiger partial charge in [-0.3, -0.25) is 0 Å². The summed E-state index contributed by atoms with van der Waals surface area (Å²) in [5, 5.41) is 1.22. The molecular formula is C14H17BrO. The Morgan fingerprint density at radius 2 is 2.19 bits per heavy atom. The van der Waals surface area contributed by atoms with Crippen LogP contribution in [0.3, 0.4) is 0 Å². The zero-order chi connectivity index (χ0) is 11.5. The van der Waals surface area contributed by atoms with E-state index in [0.717, 1.165) is 24.2 Å². The van der Waals surface area contributed by atoms with Crippen LogP contribution in [0.4, 0.5) is 0 Å². The van der Waals surface area contributed by atoms with Gasteiger partial charge in [0.05, 0.1) is 0 Å². The first kappa shape index (κ1) is 11.7. The molecule has 0 fully saturated rings. The number of fused-ring (bicyclic) bond motifs is 1. The van der Waals surface area contributed by atoms with E-state index >= 15 is 0 Å². The second-order valence-corrected chi connectivity index (χ2v) is 5.55. The third-order valence-electron chi connectivity index (χ3n) is 2.94. The molecule has 0 saturated heterocycles. The summed E-state index contributed by atoms with van der Waals surface area (Å²) in [6.45, 7) is 4.29. The highest BCUT2D eigenvalue weighted by Gasteiger charge is 2.07. The van der Waals surface area contributed by atoms with Gasteiger partial charge in [0, 0.05) is 16.6 Å². The lowest BCUT2D eigenvalue weighted by atomic mass is 10.1. The molecule has 0 amide bonds. The van der Waals surface area contributed by atoms with Gasteiger partial charge < -0.3 is 4.42 Å². The van der Waals surface area contributed by atoms with Crippen LogP contribution in [-0.2, 0) is 6.42 Å². The third-order valence-corrected chi connectivity index (χ3v) is 4.04. The largest absolute Gasteiger partial charge is 0.461 e. The van der Waals surface area contributed by atoms with Gasteiger partial charge in [0.15, 0.2) is 0 Å². The molecule has 2 aromatic rings. The number of aryl methyl sites for hydroxylation is 2. The minimum Gasteiger partial charge on any atom is -0.461 e. The van der Waals surface area contributed by atoms with E-state index in [0.29, 0.717) is 4.83 Å². The number of hydrogen-bond donors (Lipinski definition) is 0. The molecule has 1 aromatic carbocycles. The second-order valence-electron chi connectivity index (χ2n) is 4.25. The van der Waals surface area contributed by atoms with E-state index in [1.807, 2.05) is 0 Å². The highest BCUT2D eigenvalue weighted by Crippen LogP contribution is 2.24. The van der Waals surface area contributed by atoms with Crippen molar-refractivity contribution in [1.29, 1.82) is 0 Å². The SMILES string of the molecule is CCC(Br)CCc1cc2cccc(C)c2o1. The number of para-hydroxylation sites is 1. The van der Waals surface area contributed by atoms with Crippen molar-refractivity contribution in [2.24, 2.45) is 0 Å². The van der Waals surface area contributed by atoms with Crippen molar-refractivity contribution in [3.63, 3.8) is 0 Å². The Bertz CT molecular complexity index is 473. The molecule has 0 bridgehead atoms. The molecule has 2 rings (SSSR count). The molecule has 0 aliphatic heterocycles. The van der Waals surface area contributed by atoms with Crippen molar-refractivity contribution >= 4 is 26.9 Å². The molecule has 0 saturated carbocycles. The average molecular weight is 281 g/mol. The van der Waals surface area contributed by atoms with E-state index < -0.39 is 0 Å². The van der Waals surface area contributed by atoms with Gasteiger partial charge >= 0.3 is 0 Å². The maximum atomic E-state index is 5.87. The molecule has 1 aromatic heterocycles. The van der Waals surface area contributed by atoms with Gasteiger partial charge in [-0.05, 0) is 31.4 Å². The lowest BCUT2D eigenvalue weighted by Gasteiger charge is -2.03. The van der Waals surface area contributed by atoms with E-state index in [-0.39, 0.29) is 0 Å². The predicted octanol–water partition coefficient (Wildman–Crippen LogP) is 4.85. The first-order valence-corrected chi connectivity index (χ1v) is 6.74. The lowest BCUT2D eigenvalue weighted by Crippen LogP contribution is -1.96. The first-order valence-electron chi connectivity index (χ1n) is 5.82. The van der Waals surface area contributed by atoms with Gasteiger partial charge in [-0.1, -0.05) is 41.1 Å². The molecule has 0 N–H and O–H groups in total. The van der Waals surface area contributed by atoms with Crippen LogP contribution in [0.1, 0.15) is 31.1 Å². The standard InChI is InChI=1S/C14H17BrO/c1-3-12(15)7-8-13-9-11-6-4-5-10(2)14(11)16-13/h4-6,9,12H,3,7-8H2,1-2H3. The molecular weight excluding hydrogens is 264 g/mol. The van der Waals surface area contributed by atoms with Gasteiger partial charge in [0.2, 0.25) is 0 Å². The maximum absolute atomic E-state index is 5.87. The third kappa shape index (κ3) is 2.49. The van der Waals surface area contributed by atoms with Crippen molar-refractivity contribution in [3.8, 4) is 0 Å². The summed E-state index contributed by atoms with van der Waals surface area (Å²) in [4.78, 5) is 0.599. The Morgan fingerprint density at radius 1 is 1.38 bits per heavy atom. The molecule has 1 atom stereocenters. The fourth-order valence-electron chi connectivity index (χ4n) is 1.89. The van der Waals surface area contributed by atoms with Crippen molar-refractivity contribution in [3.05, 3.63) is 35.6 Å². The maximum Gasteiger partial charge on any atom is 0.137 e. The van der Waals surface area contributed by atoms with E-state index in [9.17, 15) is 0 Å². The molecule has 1 nitrogen and oxygen atoms in total. The van der Waals surface area contributed by atoms with Crippen LogP contribution < -0.4 is 0 Å². The van der Waals surface area contributed by atoms with Gasteiger partial charge in [0.1, 0.15) is 11.3 Å². The molecule has 16 heavy (non-hydrogen) atoms. The van der Waals surface area contributed by atoms with Gasteiger partial charge in [-0.2, -0.15) is 0 Å². The number of halogens is 1. The van der Waals surface area contributed by atoms with Crippen LogP contribution in [0.5, 0.6) is 0 Å². The Hall–Kier alpha value is -0.760. The van der Waals surface area contributed by atoms with Crippen LogP contribution >= 0.6 is 15.9 Å². The number of hydrogen-bond acceptors (Lipinski definition) is 1. The fraction of sp³-hybridized carbons (Fsp3) is 0.429. The highest BCUT2D eigenvalue weighted by molar-refractivity contribution is 9.09. The summed E-state index contributed by atoms with van der Waals surface area (Å²) < 4.78 is 5.87. The summed E-state index contributed by atoms with van der Waals surface area (Å²) in [5.41, 5.74) is 2.26. The number of benzene rings is 1. The molecule has 2 heteroatoms.